The van der Waals surface area contributed by atoms with Crippen molar-refractivity contribution in [3.05, 3.63) is 35.7 Å². The summed E-state index contributed by atoms with van der Waals surface area (Å²) in [6.07, 6.45) is 0. The summed E-state index contributed by atoms with van der Waals surface area (Å²) in [6.45, 7) is 1.93. The summed E-state index contributed by atoms with van der Waals surface area (Å²) in [5, 5.41) is 8.62. The van der Waals surface area contributed by atoms with Crippen molar-refractivity contribution in [1.29, 1.82) is 5.26 Å². The summed E-state index contributed by atoms with van der Waals surface area (Å²) < 4.78 is 0. The molecule has 0 aliphatic carbocycles. The predicted molar refractivity (Wildman–Crippen MR) is 49.0 cm³/mol. The van der Waals surface area contributed by atoms with Crippen molar-refractivity contribution in [3.8, 4) is 6.07 Å². The van der Waals surface area contributed by atoms with Crippen molar-refractivity contribution in [1.82, 2.24) is 9.97 Å². The number of fused-ring (bicyclic) bond motifs is 1. The first-order valence-corrected chi connectivity index (χ1v) is 3.94. The van der Waals surface area contributed by atoms with Crippen LogP contribution in [-0.4, -0.2) is 9.97 Å². The van der Waals surface area contributed by atoms with Gasteiger partial charge in [-0.15, -0.1) is 0 Å². The fourth-order valence-corrected chi connectivity index (χ4v) is 1.17. The Bertz CT molecular complexity index is 497. The quantitative estimate of drug-likeness (QED) is 0.604. The minimum absolute atomic E-state index is 0.429. The minimum Gasteiger partial charge on any atom is -0.251 e. The molecule has 0 radical (unpaired) electrons. The molecular weight excluding hydrogens is 162 g/mol. The molecule has 62 valence electrons. The molecular formula is C10H7N3. The van der Waals surface area contributed by atoms with Crippen molar-refractivity contribution in [2.24, 2.45) is 0 Å². The second kappa shape index (κ2) is 2.83. The number of aryl methyl sites for hydroxylation is 1. The molecule has 0 aliphatic heterocycles. The van der Waals surface area contributed by atoms with Gasteiger partial charge in [0.1, 0.15) is 11.8 Å². The highest BCUT2D eigenvalue weighted by atomic mass is 14.8. The lowest BCUT2D eigenvalue weighted by Crippen LogP contribution is -1.88. The highest BCUT2D eigenvalue weighted by Gasteiger charge is 1.97. The molecule has 0 saturated carbocycles. The third kappa shape index (κ3) is 1.34. The summed E-state index contributed by atoms with van der Waals surface area (Å²) in [5.74, 6) is 0. The van der Waals surface area contributed by atoms with Gasteiger partial charge in [-0.2, -0.15) is 5.26 Å². The smallest absolute Gasteiger partial charge is 0.141 e. The molecule has 0 bridgehead atoms. The van der Waals surface area contributed by atoms with Crippen LogP contribution < -0.4 is 0 Å². The largest absolute Gasteiger partial charge is 0.251 e. The normalized spacial score (nSPS) is 9.85. The Hall–Kier alpha value is -1.95. The van der Waals surface area contributed by atoms with Crippen molar-refractivity contribution in [2.75, 3.05) is 0 Å². The molecule has 0 atom stereocenters. The van der Waals surface area contributed by atoms with Crippen molar-refractivity contribution >= 4 is 11.0 Å². The van der Waals surface area contributed by atoms with E-state index in [4.69, 9.17) is 5.26 Å². The molecule has 3 heteroatoms. The molecule has 0 aliphatic rings. The monoisotopic (exact) mass is 169 g/mol. The lowest BCUT2D eigenvalue weighted by atomic mass is 10.2. The van der Waals surface area contributed by atoms with E-state index < -0.39 is 0 Å². The number of hydrogen-bond acceptors (Lipinski definition) is 3. The molecule has 0 saturated heterocycles. The Labute approximate surface area is 75.7 Å². The molecule has 0 unspecified atom stereocenters. The van der Waals surface area contributed by atoms with Gasteiger partial charge in [-0.3, -0.25) is 4.98 Å². The van der Waals surface area contributed by atoms with Gasteiger partial charge in [0.05, 0.1) is 11.0 Å². The molecule has 3 nitrogen and oxygen atoms in total. The number of aromatic nitrogens is 2. The van der Waals surface area contributed by atoms with Crippen LogP contribution in [0.5, 0.6) is 0 Å². The SMILES string of the molecule is Cc1ccc2nc(C#N)ccc2n1. The first-order valence-electron chi connectivity index (χ1n) is 3.94. The number of pyridine rings is 2. The maximum absolute atomic E-state index is 8.62. The topological polar surface area (TPSA) is 49.6 Å². The van der Waals surface area contributed by atoms with Gasteiger partial charge in [-0.05, 0) is 31.2 Å². The van der Waals surface area contributed by atoms with Gasteiger partial charge in [0.15, 0.2) is 0 Å². The molecule has 2 aromatic rings. The average Bonchev–Trinajstić information content (AvgIpc) is 2.17. The van der Waals surface area contributed by atoms with E-state index in [1.165, 1.54) is 0 Å². The first kappa shape index (κ1) is 7.69. The molecule has 0 N–H and O–H groups in total. The van der Waals surface area contributed by atoms with Gasteiger partial charge in [0.2, 0.25) is 0 Å². The summed E-state index contributed by atoms with van der Waals surface area (Å²) in [7, 11) is 0. The molecule has 0 amide bonds. The van der Waals surface area contributed by atoms with E-state index in [2.05, 4.69) is 9.97 Å². The molecule has 0 fully saturated rings. The highest BCUT2D eigenvalue weighted by Crippen LogP contribution is 2.09. The lowest BCUT2D eigenvalue weighted by molar-refractivity contribution is 1.22. The zero-order chi connectivity index (χ0) is 9.26. The van der Waals surface area contributed by atoms with Gasteiger partial charge in [-0.25, -0.2) is 4.98 Å². The van der Waals surface area contributed by atoms with E-state index in [-0.39, 0.29) is 0 Å². The van der Waals surface area contributed by atoms with Gasteiger partial charge in [0.25, 0.3) is 0 Å². The summed E-state index contributed by atoms with van der Waals surface area (Å²) >= 11 is 0. The van der Waals surface area contributed by atoms with E-state index in [0.717, 1.165) is 16.7 Å². The number of hydrogen-bond donors (Lipinski definition) is 0. The summed E-state index contributed by atoms with van der Waals surface area (Å²) in [4.78, 5) is 8.39. The van der Waals surface area contributed by atoms with Crippen molar-refractivity contribution in [3.63, 3.8) is 0 Å². The van der Waals surface area contributed by atoms with Crippen LogP contribution in [0.2, 0.25) is 0 Å². The zero-order valence-corrected chi connectivity index (χ0v) is 7.15. The van der Waals surface area contributed by atoms with Gasteiger partial charge in [-0.1, -0.05) is 0 Å². The van der Waals surface area contributed by atoms with Gasteiger partial charge < -0.3 is 0 Å². The maximum Gasteiger partial charge on any atom is 0.141 e. The van der Waals surface area contributed by atoms with Crippen LogP contribution in [0.3, 0.4) is 0 Å². The lowest BCUT2D eigenvalue weighted by Gasteiger charge is -1.97. The maximum atomic E-state index is 8.62. The fraction of sp³-hybridized carbons (Fsp3) is 0.100. The Kier molecular flexibility index (Phi) is 1.67. The second-order valence-corrected chi connectivity index (χ2v) is 2.80. The molecule has 13 heavy (non-hydrogen) atoms. The third-order valence-electron chi connectivity index (χ3n) is 1.80. The highest BCUT2D eigenvalue weighted by molar-refractivity contribution is 5.74. The third-order valence-corrected chi connectivity index (χ3v) is 1.80. The molecule has 2 aromatic heterocycles. The first-order chi connectivity index (χ1) is 6.29. The van der Waals surface area contributed by atoms with Gasteiger partial charge in [0, 0.05) is 5.69 Å². The standard InChI is InChI=1S/C10H7N3/c1-7-2-4-10-9(12-7)5-3-8(6-11)13-10/h2-5H,1H3. The van der Waals surface area contributed by atoms with E-state index in [1.807, 2.05) is 31.2 Å². The second-order valence-electron chi connectivity index (χ2n) is 2.80. The van der Waals surface area contributed by atoms with E-state index in [0.29, 0.717) is 5.69 Å². The predicted octanol–water partition coefficient (Wildman–Crippen LogP) is 1.81. The Morgan fingerprint density at radius 3 is 2.54 bits per heavy atom. The number of nitriles is 1. The summed E-state index contributed by atoms with van der Waals surface area (Å²) in [6, 6.07) is 9.24. The minimum atomic E-state index is 0.429. The summed E-state index contributed by atoms with van der Waals surface area (Å²) in [5.41, 5.74) is 2.99. The molecule has 0 spiro atoms. The van der Waals surface area contributed by atoms with Crippen LogP contribution in [0, 0.1) is 18.3 Å². The van der Waals surface area contributed by atoms with Crippen LogP contribution >= 0.6 is 0 Å². The Morgan fingerprint density at radius 2 is 1.77 bits per heavy atom. The van der Waals surface area contributed by atoms with Crippen LogP contribution in [0.4, 0.5) is 0 Å². The van der Waals surface area contributed by atoms with Crippen molar-refractivity contribution < 1.29 is 0 Å². The molecule has 2 heterocycles. The van der Waals surface area contributed by atoms with Gasteiger partial charge >= 0.3 is 0 Å². The fourth-order valence-electron chi connectivity index (χ4n) is 1.17. The zero-order valence-electron chi connectivity index (χ0n) is 7.15. The average molecular weight is 169 g/mol. The van der Waals surface area contributed by atoms with E-state index >= 15 is 0 Å². The van der Waals surface area contributed by atoms with Crippen molar-refractivity contribution in [2.45, 2.75) is 6.92 Å². The van der Waals surface area contributed by atoms with E-state index in [9.17, 15) is 0 Å². The Balaban J connectivity index is 2.75. The van der Waals surface area contributed by atoms with Crippen LogP contribution in [0.15, 0.2) is 24.3 Å². The molecule has 0 aromatic carbocycles. The Morgan fingerprint density at radius 1 is 1.08 bits per heavy atom. The van der Waals surface area contributed by atoms with Crippen LogP contribution in [-0.2, 0) is 0 Å². The number of nitrogens with zero attached hydrogens (tertiary/aromatic N) is 3. The molecule has 2 rings (SSSR count). The van der Waals surface area contributed by atoms with E-state index in [1.54, 1.807) is 6.07 Å². The number of rotatable bonds is 0. The van der Waals surface area contributed by atoms with Crippen LogP contribution in [0.1, 0.15) is 11.4 Å². The van der Waals surface area contributed by atoms with Crippen LogP contribution in [0.25, 0.3) is 11.0 Å².